The van der Waals surface area contributed by atoms with Crippen molar-refractivity contribution < 1.29 is 14.7 Å². The third kappa shape index (κ3) is 3.47. The molecule has 1 aliphatic rings. The van der Waals surface area contributed by atoms with Crippen molar-refractivity contribution in [3.05, 3.63) is 21.9 Å². The van der Waals surface area contributed by atoms with Gasteiger partial charge < -0.3 is 15.3 Å². The number of rotatable bonds is 5. The number of amides is 2. The Morgan fingerprint density at radius 2 is 2.26 bits per heavy atom. The van der Waals surface area contributed by atoms with Crippen LogP contribution in [0.2, 0.25) is 0 Å². The Morgan fingerprint density at radius 1 is 1.53 bits per heavy atom. The molecule has 1 aromatic heterocycles. The first-order valence-corrected chi connectivity index (χ1v) is 7.28. The molecule has 0 spiro atoms. The van der Waals surface area contributed by atoms with Crippen LogP contribution in [0.3, 0.4) is 0 Å². The largest absolute Gasteiger partial charge is 0.481 e. The molecule has 1 aliphatic heterocycles. The molecule has 0 radical (unpaired) electrons. The highest BCUT2D eigenvalue weighted by Crippen LogP contribution is 2.20. The van der Waals surface area contributed by atoms with Crippen molar-refractivity contribution in [2.24, 2.45) is 5.92 Å². The minimum absolute atomic E-state index is 0.0999. The smallest absolute Gasteiger partial charge is 0.317 e. The number of aryl methyl sites for hydroxylation is 1. The number of carboxylic acids is 1. The van der Waals surface area contributed by atoms with Gasteiger partial charge in [-0.15, -0.1) is 11.3 Å². The predicted molar refractivity (Wildman–Crippen MR) is 73.2 cm³/mol. The highest BCUT2D eigenvalue weighted by molar-refractivity contribution is 7.10. The zero-order valence-electron chi connectivity index (χ0n) is 10.9. The van der Waals surface area contributed by atoms with Crippen molar-refractivity contribution in [2.75, 3.05) is 13.1 Å². The number of carboxylic acid groups (broad SMARTS) is 1. The van der Waals surface area contributed by atoms with Crippen molar-refractivity contribution in [1.82, 2.24) is 10.2 Å². The Labute approximate surface area is 116 Å². The van der Waals surface area contributed by atoms with Crippen LogP contribution in [0.15, 0.2) is 11.4 Å². The van der Waals surface area contributed by atoms with Crippen LogP contribution in [0.4, 0.5) is 4.79 Å². The average molecular weight is 282 g/mol. The van der Waals surface area contributed by atoms with Crippen LogP contribution in [0.5, 0.6) is 0 Å². The summed E-state index contributed by atoms with van der Waals surface area (Å²) < 4.78 is 0. The monoisotopic (exact) mass is 282 g/mol. The van der Waals surface area contributed by atoms with Gasteiger partial charge >= 0.3 is 12.0 Å². The predicted octanol–water partition coefficient (Wildman–Crippen LogP) is 1.93. The molecule has 0 aliphatic carbocycles. The van der Waals surface area contributed by atoms with Gasteiger partial charge in [-0.1, -0.05) is 6.92 Å². The lowest BCUT2D eigenvalue weighted by Crippen LogP contribution is -2.54. The molecule has 0 aromatic carbocycles. The first-order valence-electron chi connectivity index (χ1n) is 6.40. The number of aliphatic carboxylic acids is 1. The van der Waals surface area contributed by atoms with E-state index in [4.69, 9.17) is 5.11 Å². The lowest BCUT2D eigenvalue weighted by atomic mass is 9.97. The van der Waals surface area contributed by atoms with Crippen molar-refractivity contribution in [1.29, 1.82) is 0 Å². The number of carbonyl (C=O) groups is 2. The molecule has 0 bridgehead atoms. The van der Waals surface area contributed by atoms with Crippen molar-refractivity contribution in [3.8, 4) is 0 Å². The van der Waals surface area contributed by atoms with Gasteiger partial charge in [-0.25, -0.2) is 4.79 Å². The number of likely N-dealkylation sites (tertiary alicyclic amines) is 1. The molecule has 0 unspecified atom stereocenters. The van der Waals surface area contributed by atoms with Gasteiger partial charge in [0.1, 0.15) is 0 Å². The molecular weight excluding hydrogens is 264 g/mol. The molecule has 5 nitrogen and oxygen atoms in total. The number of urea groups is 1. The minimum atomic E-state index is -0.795. The Balaban J connectivity index is 1.73. The fraction of sp³-hybridized carbons (Fsp3) is 0.538. The van der Waals surface area contributed by atoms with Gasteiger partial charge in [-0.3, -0.25) is 4.79 Å². The van der Waals surface area contributed by atoms with Gasteiger partial charge in [0.2, 0.25) is 0 Å². The highest BCUT2D eigenvalue weighted by Gasteiger charge is 2.31. The third-order valence-electron chi connectivity index (χ3n) is 3.33. The molecule has 0 saturated carbocycles. The summed E-state index contributed by atoms with van der Waals surface area (Å²) >= 11 is 1.65. The number of carbonyl (C=O) groups excluding carboxylic acids is 1. The molecule has 2 heterocycles. The molecule has 1 aromatic rings. The van der Waals surface area contributed by atoms with E-state index < -0.39 is 5.97 Å². The number of thiophene rings is 1. The topological polar surface area (TPSA) is 69.6 Å². The standard InChI is InChI=1S/C13H18N2O3S/c1-2-10-3-4-19-11(10)6-14-13(18)15-7-9(8-15)5-12(16)17/h3-4,9H,2,5-8H2,1H3,(H,14,18)(H,16,17). The van der Waals surface area contributed by atoms with E-state index in [1.165, 1.54) is 10.4 Å². The Morgan fingerprint density at radius 3 is 2.89 bits per heavy atom. The fourth-order valence-corrected chi connectivity index (χ4v) is 3.13. The van der Waals surface area contributed by atoms with Gasteiger partial charge in [0.05, 0.1) is 13.0 Å². The van der Waals surface area contributed by atoms with Crippen LogP contribution in [0.1, 0.15) is 23.8 Å². The van der Waals surface area contributed by atoms with Gasteiger partial charge in [-0.2, -0.15) is 0 Å². The summed E-state index contributed by atoms with van der Waals surface area (Å²) in [4.78, 5) is 25.2. The zero-order valence-corrected chi connectivity index (χ0v) is 11.7. The molecule has 0 atom stereocenters. The number of hydrogen-bond donors (Lipinski definition) is 2. The normalized spacial score (nSPS) is 15.1. The Kier molecular flexibility index (Phi) is 4.42. The van der Waals surface area contributed by atoms with Crippen molar-refractivity contribution in [2.45, 2.75) is 26.3 Å². The van der Waals surface area contributed by atoms with E-state index in [2.05, 4.69) is 18.3 Å². The summed E-state index contributed by atoms with van der Waals surface area (Å²) in [6.07, 6.45) is 1.12. The molecular formula is C13H18N2O3S. The molecule has 6 heteroatoms. The summed E-state index contributed by atoms with van der Waals surface area (Å²) in [5.74, 6) is -0.688. The maximum Gasteiger partial charge on any atom is 0.317 e. The number of nitrogens with one attached hydrogen (secondary N) is 1. The van der Waals surface area contributed by atoms with Crippen LogP contribution in [-0.4, -0.2) is 35.1 Å². The summed E-state index contributed by atoms with van der Waals surface area (Å²) in [5, 5.41) is 13.6. The first-order chi connectivity index (χ1) is 9.10. The van der Waals surface area contributed by atoms with E-state index in [1.54, 1.807) is 16.2 Å². The second kappa shape index (κ2) is 6.06. The van der Waals surface area contributed by atoms with Gasteiger partial charge in [0.15, 0.2) is 0 Å². The molecule has 2 amide bonds. The molecule has 104 valence electrons. The van der Waals surface area contributed by atoms with Crippen LogP contribution < -0.4 is 5.32 Å². The third-order valence-corrected chi connectivity index (χ3v) is 4.29. The lowest BCUT2D eigenvalue weighted by molar-refractivity contribution is -0.139. The van der Waals surface area contributed by atoms with E-state index in [0.29, 0.717) is 19.6 Å². The van der Waals surface area contributed by atoms with E-state index >= 15 is 0 Å². The fourth-order valence-electron chi connectivity index (χ4n) is 2.22. The minimum Gasteiger partial charge on any atom is -0.481 e. The van der Waals surface area contributed by atoms with Crippen LogP contribution >= 0.6 is 11.3 Å². The molecule has 2 rings (SSSR count). The van der Waals surface area contributed by atoms with E-state index in [-0.39, 0.29) is 18.4 Å². The van der Waals surface area contributed by atoms with Crippen LogP contribution in [-0.2, 0) is 17.8 Å². The van der Waals surface area contributed by atoms with Gasteiger partial charge in [0.25, 0.3) is 0 Å². The summed E-state index contributed by atoms with van der Waals surface area (Å²) in [6, 6.07) is 1.98. The summed E-state index contributed by atoms with van der Waals surface area (Å²) in [7, 11) is 0. The molecule has 19 heavy (non-hydrogen) atoms. The van der Waals surface area contributed by atoms with Crippen LogP contribution in [0, 0.1) is 5.92 Å². The van der Waals surface area contributed by atoms with E-state index in [9.17, 15) is 9.59 Å². The second-order valence-corrected chi connectivity index (χ2v) is 5.75. The number of hydrogen-bond acceptors (Lipinski definition) is 3. The lowest BCUT2D eigenvalue weighted by Gasteiger charge is -2.38. The van der Waals surface area contributed by atoms with E-state index in [1.807, 2.05) is 5.38 Å². The zero-order chi connectivity index (χ0) is 13.8. The maximum absolute atomic E-state index is 11.8. The quantitative estimate of drug-likeness (QED) is 0.867. The van der Waals surface area contributed by atoms with Gasteiger partial charge in [-0.05, 0) is 23.4 Å². The van der Waals surface area contributed by atoms with Crippen LogP contribution in [0.25, 0.3) is 0 Å². The Hall–Kier alpha value is -1.56. The highest BCUT2D eigenvalue weighted by atomic mass is 32.1. The Bertz CT molecular complexity index is 466. The molecule has 1 saturated heterocycles. The van der Waals surface area contributed by atoms with Crippen molar-refractivity contribution >= 4 is 23.3 Å². The van der Waals surface area contributed by atoms with Crippen molar-refractivity contribution in [3.63, 3.8) is 0 Å². The number of nitrogens with zero attached hydrogens (tertiary/aromatic N) is 1. The van der Waals surface area contributed by atoms with E-state index in [0.717, 1.165) is 6.42 Å². The first kappa shape index (κ1) is 13.9. The SMILES string of the molecule is CCc1ccsc1CNC(=O)N1CC(CC(=O)O)C1. The van der Waals surface area contributed by atoms with Gasteiger partial charge in [0, 0.05) is 23.9 Å². The molecule has 2 N–H and O–H groups in total. The molecule has 1 fully saturated rings. The summed E-state index contributed by atoms with van der Waals surface area (Å²) in [5.41, 5.74) is 1.28. The summed E-state index contributed by atoms with van der Waals surface area (Å²) in [6.45, 7) is 3.74. The second-order valence-electron chi connectivity index (χ2n) is 4.75. The average Bonchev–Trinajstić information content (AvgIpc) is 2.77. The maximum atomic E-state index is 11.8.